The molecule has 2 atom stereocenters. The minimum atomic E-state index is 0.267. The molecule has 2 fully saturated rings. The third-order valence-corrected chi connectivity index (χ3v) is 5.31. The molecule has 0 bridgehead atoms. The van der Waals surface area contributed by atoms with Crippen LogP contribution < -0.4 is 5.32 Å². The van der Waals surface area contributed by atoms with Crippen LogP contribution in [0.25, 0.3) is 0 Å². The summed E-state index contributed by atoms with van der Waals surface area (Å²) in [6, 6.07) is 1.70. The summed E-state index contributed by atoms with van der Waals surface area (Å²) in [5, 5.41) is 3.62. The van der Waals surface area contributed by atoms with Crippen molar-refractivity contribution in [2.24, 2.45) is 5.92 Å². The Morgan fingerprint density at radius 2 is 1.80 bits per heavy atom. The van der Waals surface area contributed by atoms with Crippen molar-refractivity contribution in [1.82, 2.24) is 10.2 Å². The predicted octanol–water partition coefficient (Wildman–Crippen LogP) is 4.20. The zero-order valence-electron chi connectivity index (χ0n) is 14.3. The van der Waals surface area contributed by atoms with Crippen molar-refractivity contribution in [3.05, 3.63) is 0 Å². The summed E-state index contributed by atoms with van der Waals surface area (Å²) in [5.74, 6) is 1.02. The lowest BCUT2D eigenvalue weighted by atomic mass is 9.95. The number of likely N-dealkylation sites (tertiary alicyclic amines) is 1. The van der Waals surface area contributed by atoms with Crippen LogP contribution in [0.2, 0.25) is 0 Å². The molecule has 2 unspecified atom stereocenters. The van der Waals surface area contributed by atoms with Crippen LogP contribution in [0.1, 0.15) is 79.1 Å². The highest BCUT2D eigenvalue weighted by molar-refractivity contribution is 4.89. The van der Waals surface area contributed by atoms with Gasteiger partial charge < -0.3 is 5.32 Å². The smallest absolute Gasteiger partial charge is 0.0127 e. The molecule has 2 nitrogen and oxygen atoms in total. The van der Waals surface area contributed by atoms with Crippen molar-refractivity contribution in [2.45, 2.75) is 96.7 Å². The molecule has 0 spiro atoms. The van der Waals surface area contributed by atoms with Gasteiger partial charge in [0.25, 0.3) is 0 Å². The standard InChI is InChI=1S/C18H36N2/c1-15(9-7-13-19-18(2,3)4)20-14-8-12-17(20)16-10-5-6-11-16/h15-17,19H,5-14H2,1-4H3. The lowest BCUT2D eigenvalue weighted by Gasteiger charge is -2.34. The summed E-state index contributed by atoms with van der Waals surface area (Å²) in [6.07, 6.45) is 11.5. The van der Waals surface area contributed by atoms with Gasteiger partial charge in [0.1, 0.15) is 0 Å². The Hall–Kier alpha value is -0.0800. The highest BCUT2D eigenvalue weighted by atomic mass is 15.2. The van der Waals surface area contributed by atoms with Crippen LogP contribution in [0.5, 0.6) is 0 Å². The SMILES string of the molecule is CC(CCCNC(C)(C)C)N1CCCC1C1CCCC1. The molecular formula is C18H36N2. The molecule has 2 aliphatic rings. The molecule has 1 aliphatic carbocycles. The maximum absolute atomic E-state index is 3.62. The first-order valence-corrected chi connectivity index (χ1v) is 8.98. The number of rotatable bonds is 6. The van der Waals surface area contributed by atoms with Gasteiger partial charge >= 0.3 is 0 Å². The fourth-order valence-corrected chi connectivity index (χ4v) is 4.24. The first kappa shape index (κ1) is 16.3. The summed E-state index contributed by atoms with van der Waals surface area (Å²) in [7, 11) is 0. The van der Waals surface area contributed by atoms with Crippen LogP contribution in [0.15, 0.2) is 0 Å². The van der Waals surface area contributed by atoms with E-state index in [2.05, 4.69) is 37.9 Å². The number of hydrogen-bond donors (Lipinski definition) is 1. The van der Waals surface area contributed by atoms with E-state index >= 15 is 0 Å². The predicted molar refractivity (Wildman–Crippen MR) is 88.1 cm³/mol. The largest absolute Gasteiger partial charge is 0.312 e. The monoisotopic (exact) mass is 280 g/mol. The average Bonchev–Trinajstić information content (AvgIpc) is 3.01. The summed E-state index contributed by atoms with van der Waals surface area (Å²) < 4.78 is 0. The van der Waals surface area contributed by atoms with E-state index in [9.17, 15) is 0 Å². The van der Waals surface area contributed by atoms with E-state index in [0.717, 1.165) is 24.5 Å². The van der Waals surface area contributed by atoms with Crippen LogP contribution in [0.3, 0.4) is 0 Å². The Labute approximate surface area is 126 Å². The summed E-state index contributed by atoms with van der Waals surface area (Å²) in [5.41, 5.74) is 0.267. The van der Waals surface area contributed by atoms with Crippen molar-refractivity contribution in [3.8, 4) is 0 Å². The molecule has 118 valence electrons. The molecule has 0 aromatic heterocycles. The lowest BCUT2D eigenvalue weighted by Crippen LogP contribution is -2.41. The number of hydrogen-bond acceptors (Lipinski definition) is 2. The summed E-state index contributed by atoms with van der Waals surface area (Å²) in [4.78, 5) is 2.85. The van der Waals surface area contributed by atoms with Crippen molar-refractivity contribution in [1.29, 1.82) is 0 Å². The van der Waals surface area contributed by atoms with Crippen LogP contribution >= 0.6 is 0 Å². The van der Waals surface area contributed by atoms with Gasteiger partial charge in [0.05, 0.1) is 0 Å². The Morgan fingerprint density at radius 1 is 1.10 bits per heavy atom. The van der Waals surface area contributed by atoms with Crippen LogP contribution in [0, 0.1) is 5.92 Å². The van der Waals surface area contributed by atoms with Crippen LogP contribution in [-0.4, -0.2) is 35.6 Å². The summed E-state index contributed by atoms with van der Waals surface area (Å²) >= 11 is 0. The molecule has 1 N–H and O–H groups in total. The molecule has 0 amide bonds. The summed E-state index contributed by atoms with van der Waals surface area (Å²) in [6.45, 7) is 11.8. The van der Waals surface area contributed by atoms with Gasteiger partial charge in [0.2, 0.25) is 0 Å². The highest BCUT2D eigenvalue weighted by Crippen LogP contribution is 2.36. The zero-order chi connectivity index (χ0) is 14.6. The van der Waals surface area contributed by atoms with E-state index in [0.29, 0.717) is 0 Å². The Bertz CT molecular complexity index is 276. The van der Waals surface area contributed by atoms with Gasteiger partial charge in [-0.1, -0.05) is 12.8 Å². The second kappa shape index (κ2) is 7.26. The zero-order valence-corrected chi connectivity index (χ0v) is 14.3. The fourth-order valence-electron chi connectivity index (χ4n) is 4.24. The van der Waals surface area contributed by atoms with Gasteiger partial charge in [0, 0.05) is 17.6 Å². The molecule has 0 aromatic rings. The Balaban J connectivity index is 1.72. The lowest BCUT2D eigenvalue weighted by molar-refractivity contribution is 0.136. The molecule has 1 aliphatic heterocycles. The van der Waals surface area contributed by atoms with E-state index in [1.807, 2.05) is 0 Å². The van der Waals surface area contributed by atoms with Gasteiger partial charge in [-0.05, 0) is 85.2 Å². The van der Waals surface area contributed by atoms with Crippen molar-refractivity contribution in [2.75, 3.05) is 13.1 Å². The molecule has 2 heteroatoms. The molecule has 1 heterocycles. The minimum Gasteiger partial charge on any atom is -0.312 e. The van der Waals surface area contributed by atoms with Crippen molar-refractivity contribution >= 4 is 0 Å². The van der Waals surface area contributed by atoms with Crippen LogP contribution in [0.4, 0.5) is 0 Å². The van der Waals surface area contributed by atoms with Gasteiger partial charge in [-0.25, -0.2) is 0 Å². The van der Waals surface area contributed by atoms with Crippen molar-refractivity contribution < 1.29 is 0 Å². The maximum atomic E-state index is 3.62. The van der Waals surface area contributed by atoms with E-state index in [-0.39, 0.29) is 5.54 Å². The number of nitrogens with zero attached hydrogens (tertiary/aromatic N) is 1. The molecule has 1 saturated heterocycles. The van der Waals surface area contributed by atoms with E-state index in [1.54, 1.807) is 0 Å². The first-order chi connectivity index (χ1) is 9.47. The first-order valence-electron chi connectivity index (χ1n) is 8.98. The molecule has 0 radical (unpaired) electrons. The highest BCUT2D eigenvalue weighted by Gasteiger charge is 2.35. The molecule has 20 heavy (non-hydrogen) atoms. The van der Waals surface area contributed by atoms with Gasteiger partial charge in [-0.3, -0.25) is 4.90 Å². The van der Waals surface area contributed by atoms with E-state index < -0.39 is 0 Å². The maximum Gasteiger partial charge on any atom is 0.0127 e. The Morgan fingerprint density at radius 3 is 2.45 bits per heavy atom. The third-order valence-electron chi connectivity index (χ3n) is 5.31. The van der Waals surface area contributed by atoms with Gasteiger partial charge in [-0.2, -0.15) is 0 Å². The van der Waals surface area contributed by atoms with Crippen molar-refractivity contribution in [3.63, 3.8) is 0 Å². The molecule has 0 aromatic carbocycles. The van der Waals surface area contributed by atoms with Gasteiger partial charge in [-0.15, -0.1) is 0 Å². The molecule has 1 saturated carbocycles. The second-order valence-corrected chi connectivity index (χ2v) is 8.16. The third kappa shape index (κ3) is 4.73. The van der Waals surface area contributed by atoms with Crippen LogP contribution in [-0.2, 0) is 0 Å². The fraction of sp³-hybridized carbons (Fsp3) is 1.00. The van der Waals surface area contributed by atoms with E-state index in [4.69, 9.17) is 0 Å². The number of nitrogens with one attached hydrogen (secondary N) is 1. The molecular weight excluding hydrogens is 244 g/mol. The van der Waals surface area contributed by atoms with E-state index in [1.165, 1.54) is 57.9 Å². The molecule has 2 rings (SSSR count). The Kier molecular flexibility index (Phi) is 5.92. The quantitative estimate of drug-likeness (QED) is 0.734. The second-order valence-electron chi connectivity index (χ2n) is 8.16. The topological polar surface area (TPSA) is 15.3 Å². The minimum absolute atomic E-state index is 0.267. The average molecular weight is 280 g/mol. The van der Waals surface area contributed by atoms with Gasteiger partial charge in [0.15, 0.2) is 0 Å². The normalized spacial score (nSPS) is 27.3.